The largest absolute Gasteiger partial charge is 0.394 e. The van der Waals surface area contributed by atoms with Gasteiger partial charge in [0.2, 0.25) is 0 Å². The van der Waals surface area contributed by atoms with Crippen LogP contribution in [0.2, 0.25) is 0 Å². The highest BCUT2D eigenvalue weighted by Crippen LogP contribution is 2.32. The molecule has 8 nitrogen and oxygen atoms in total. The predicted octanol–water partition coefficient (Wildman–Crippen LogP) is 3.77. The molecule has 5 rings (SSSR count). The summed E-state index contributed by atoms with van der Waals surface area (Å²) in [6.45, 7) is 1.53. The van der Waals surface area contributed by atoms with Crippen LogP contribution in [0.1, 0.15) is 26.3 Å². The summed E-state index contributed by atoms with van der Waals surface area (Å²) in [7, 11) is 1.87. The van der Waals surface area contributed by atoms with Gasteiger partial charge in [-0.2, -0.15) is 10.2 Å². The van der Waals surface area contributed by atoms with E-state index in [1.54, 1.807) is 27.7 Å². The lowest BCUT2D eigenvalue weighted by Gasteiger charge is -2.15. The van der Waals surface area contributed by atoms with Crippen molar-refractivity contribution in [2.45, 2.75) is 13.0 Å². The topological polar surface area (TPSA) is 97.3 Å². The van der Waals surface area contributed by atoms with Crippen LogP contribution in [0.25, 0.3) is 27.9 Å². The van der Waals surface area contributed by atoms with Crippen molar-refractivity contribution in [3.63, 3.8) is 0 Å². The molecule has 0 spiro atoms. The predicted molar refractivity (Wildman–Crippen MR) is 127 cm³/mol. The highest BCUT2D eigenvalue weighted by Gasteiger charge is 2.21. The Morgan fingerprint density at radius 3 is 2.76 bits per heavy atom. The Labute approximate surface area is 198 Å². The second kappa shape index (κ2) is 8.81. The standard InChI is InChI=1S/C24H21FN6O2S/c1-14-22(19-10-27-31-12-16(6-7-21(19)31)17-9-26-30(2)11-17)29-24(34-14)23(33)28-20(13-32)15-4-3-5-18(25)8-15/h3-12,20,32H,13H2,1-2H3,(H,28,33)/t20-/m1/s1. The maximum atomic E-state index is 13.6. The first kappa shape index (κ1) is 21.9. The first-order valence-electron chi connectivity index (χ1n) is 10.5. The monoisotopic (exact) mass is 476 g/mol. The lowest BCUT2D eigenvalue weighted by Crippen LogP contribution is -2.30. The van der Waals surface area contributed by atoms with Crippen LogP contribution < -0.4 is 5.32 Å². The zero-order valence-corrected chi connectivity index (χ0v) is 19.3. The summed E-state index contributed by atoms with van der Waals surface area (Å²) in [5.41, 5.74) is 4.80. The summed E-state index contributed by atoms with van der Waals surface area (Å²) >= 11 is 1.26. The summed E-state index contributed by atoms with van der Waals surface area (Å²) in [6.07, 6.45) is 7.39. The van der Waals surface area contributed by atoms with E-state index in [0.29, 0.717) is 11.3 Å². The fourth-order valence-corrected chi connectivity index (χ4v) is 4.66. The van der Waals surface area contributed by atoms with Gasteiger partial charge in [-0.3, -0.25) is 9.48 Å². The normalized spacial score (nSPS) is 12.2. The van der Waals surface area contributed by atoms with Crippen molar-refractivity contribution in [2.24, 2.45) is 7.05 Å². The van der Waals surface area contributed by atoms with Gasteiger partial charge < -0.3 is 10.4 Å². The van der Waals surface area contributed by atoms with Crippen LogP contribution in [0.15, 0.2) is 61.2 Å². The number of aromatic nitrogens is 5. The Morgan fingerprint density at radius 1 is 1.18 bits per heavy atom. The van der Waals surface area contributed by atoms with E-state index in [4.69, 9.17) is 0 Å². The van der Waals surface area contributed by atoms with Crippen molar-refractivity contribution >= 4 is 22.8 Å². The SMILES string of the molecule is Cc1sc(C(=O)N[C@H](CO)c2cccc(F)c2)nc1-c1cnn2cc(-c3cnn(C)c3)ccc12. The molecule has 4 heterocycles. The van der Waals surface area contributed by atoms with Gasteiger partial charge in [0.05, 0.1) is 36.3 Å². The Balaban J connectivity index is 1.42. The van der Waals surface area contributed by atoms with Crippen LogP contribution >= 0.6 is 11.3 Å². The quantitative estimate of drug-likeness (QED) is 0.389. The van der Waals surface area contributed by atoms with Crippen molar-refractivity contribution in [2.75, 3.05) is 6.61 Å². The van der Waals surface area contributed by atoms with Crippen molar-refractivity contribution < 1.29 is 14.3 Å². The fraction of sp³-hybridized carbons (Fsp3) is 0.167. The molecule has 172 valence electrons. The number of hydrogen-bond donors (Lipinski definition) is 2. The summed E-state index contributed by atoms with van der Waals surface area (Å²) in [4.78, 5) is 18.3. The van der Waals surface area contributed by atoms with Crippen LogP contribution in [0.4, 0.5) is 4.39 Å². The Morgan fingerprint density at radius 2 is 2.03 bits per heavy atom. The fourth-order valence-electron chi connectivity index (χ4n) is 3.83. The van der Waals surface area contributed by atoms with E-state index in [2.05, 4.69) is 20.5 Å². The lowest BCUT2D eigenvalue weighted by molar-refractivity contribution is 0.0915. The summed E-state index contributed by atoms with van der Waals surface area (Å²) in [5, 5.41) is 21.4. The Bertz CT molecular complexity index is 1500. The number of aryl methyl sites for hydroxylation is 2. The minimum atomic E-state index is -0.737. The third-order valence-electron chi connectivity index (χ3n) is 5.54. The van der Waals surface area contributed by atoms with Crippen LogP contribution in [0.5, 0.6) is 0 Å². The molecule has 1 aromatic carbocycles. The number of hydrogen-bond acceptors (Lipinski definition) is 6. The number of fused-ring (bicyclic) bond motifs is 1. The highest BCUT2D eigenvalue weighted by molar-refractivity contribution is 7.14. The number of pyridine rings is 1. The second-order valence-corrected chi connectivity index (χ2v) is 9.10. The van der Waals surface area contributed by atoms with Gasteiger partial charge in [0.15, 0.2) is 5.01 Å². The summed E-state index contributed by atoms with van der Waals surface area (Å²) in [5.74, 6) is -0.865. The van der Waals surface area contributed by atoms with E-state index in [9.17, 15) is 14.3 Å². The number of aliphatic hydroxyl groups excluding tert-OH is 1. The van der Waals surface area contributed by atoms with Gasteiger partial charge in [0, 0.05) is 41.0 Å². The average molecular weight is 477 g/mol. The molecule has 0 fully saturated rings. The van der Waals surface area contributed by atoms with Gasteiger partial charge >= 0.3 is 0 Å². The first-order valence-corrected chi connectivity index (χ1v) is 11.4. The first-order chi connectivity index (χ1) is 16.4. The number of benzene rings is 1. The van der Waals surface area contributed by atoms with Crippen molar-refractivity contribution in [3.8, 4) is 22.4 Å². The molecule has 0 aliphatic rings. The van der Waals surface area contributed by atoms with Crippen LogP contribution in [-0.2, 0) is 7.05 Å². The van der Waals surface area contributed by atoms with Crippen LogP contribution in [-0.4, -0.2) is 42.0 Å². The number of amides is 1. The van der Waals surface area contributed by atoms with Gasteiger partial charge in [0.25, 0.3) is 5.91 Å². The molecule has 0 bridgehead atoms. The van der Waals surface area contributed by atoms with Crippen molar-refractivity contribution in [1.29, 1.82) is 0 Å². The average Bonchev–Trinajstić information content (AvgIpc) is 3.54. The summed E-state index contributed by atoms with van der Waals surface area (Å²) in [6, 6.07) is 9.02. The van der Waals surface area contributed by atoms with Crippen LogP contribution in [0, 0.1) is 12.7 Å². The Kier molecular flexibility index (Phi) is 5.68. The molecule has 0 aliphatic carbocycles. The summed E-state index contributed by atoms with van der Waals surface area (Å²) < 4.78 is 17.1. The van der Waals surface area contributed by atoms with E-state index in [-0.39, 0.29) is 11.6 Å². The number of aliphatic hydroxyl groups is 1. The van der Waals surface area contributed by atoms with Gasteiger partial charge in [-0.1, -0.05) is 18.2 Å². The molecule has 5 aromatic rings. The molecular formula is C24H21FN6O2S. The zero-order chi connectivity index (χ0) is 23.8. The van der Waals surface area contributed by atoms with Gasteiger partial charge in [-0.15, -0.1) is 11.3 Å². The zero-order valence-electron chi connectivity index (χ0n) is 18.4. The molecule has 2 N–H and O–H groups in total. The molecule has 0 radical (unpaired) electrons. The van der Waals surface area contributed by atoms with Gasteiger partial charge in [-0.25, -0.2) is 13.9 Å². The third kappa shape index (κ3) is 4.09. The maximum absolute atomic E-state index is 13.6. The molecule has 0 saturated carbocycles. The number of nitrogens with one attached hydrogen (secondary N) is 1. The second-order valence-electron chi connectivity index (χ2n) is 7.90. The smallest absolute Gasteiger partial charge is 0.280 e. The molecule has 0 aliphatic heterocycles. The molecular weight excluding hydrogens is 455 g/mol. The number of thiazole rings is 1. The Hall–Kier alpha value is -3.89. The van der Waals surface area contributed by atoms with E-state index < -0.39 is 17.8 Å². The minimum Gasteiger partial charge on any atom is -0.394 e. The third-order valence-corrected chi connectivity index (χ3v) is 6.51. The van der Waals surface area contributed by atoms with Gasteiger partial charge in [-0.05, 0) is 30.7 Å². The van der Waals surface area contributed by atoms with E-state index in [1.165, 1.54) is 29.5 Å². The van der Waals surface area contributed by atoms with E-state index in [0.717, 1.165) is 27.1 Å². The van der Waals surface area contributed by atoms with Gasteiger partial charge in [0.1, 0.15) is 5.82 Å². The molecule has 4 aromatic heterocycles. The lowest BCUT2D eigenvalue weighted by atomic mass is 10.1. The number of carbonyl (C=O) groups is 1. The molecule has 0 saturated heterocycles. The molecule has 1 atom stereocenters. The number of halogens is 1. The molecule has 1 amide bonds. The number of rotatable bonds is 6. The highest BCUT2D eigenvalue weighted by atomic mass is 32.1. The molecule has 10 heteroatoms. The number of carbonyl (C=O) groups excluding carboxylic acids is 1. The maximum Gasteiger partial charge on any atom is 0.280 e. The number of nitrogens with zero attached hydrogens (tertiary/aromatic N) is 5. The van der Waals surface area contributed by atoms with E-state index in [1.807, 2.05) is 38.5 Å². The molecule has 34 heavy (non-hydrogen) atoms. The van der Waals surface area contributed by atoms with Crippen molar-refractivity contribution in [3.05, 3.63) is 82.5 Å². The van der Waals surface area contributed by atoms with Crippen molar-refractivity contribution in [1.82, 2.24) is 29.7 Å². The van der Waals surface area contributed by atoms with Crippen LogP contribution in [0.3, 0.4) is 0 Å². The minimum absolute atomic E-state index is 0.258. The van der Waals surface area contributed by atoms with E-state index >= 15 is 0 Å². The molecule has 0 unspecified atom stereocenters.